The van der Waals surface area contributed by atoms with Crippen LogP contribution in [0.2, 0.25) is 0 Å². The van der Waals surface area contributed by atoms with E-state index in [2.05, 4.69) is 46.0 Å². The molecule has 88 valence electrons. The highest BCUT2D eigenvalue weighted by atomic mass is 79.9. The van der Waals surface area contributed by atoms with Crippen LogP contribution in [0.15, 0.2) is 28.7 Å². The van der Waals surface area contributed by atoms with Crippen LogP contribution >= 0.6 is 15.9 Å². The number of rotatable bonds is 2. The SMILES string of the molecule is CC1CN(c2cccc(Br)c2)CC(CN)O1. The molecule has 0 bridgehead atoms. The Hall–Kier alpha value is -0.580. The lowest BCUT2D eigenvalue weighted by Gasteiger charge is -2.37. The first-order valence-electron chi connectivity index (χ1n) is 5.55. The van der Waals surface area contributed by atoms with Crippen LogP contribution in [0.3, 0.4) is 0 Å². The lowest BCUT2D eigenvalue weighted by atomic mass is 10.2. The van der Waals surface area contributed by atoms with Crippen LogP contribution in [0, 0.1) is 0 Å². The number of nitrogens with zero attached hydrogens (tertiary/aromatic N) is 1. The van der Waals surface area contributed by atoms with Gasteiger partial charge in [0.15, 0.2) is 0 Å². The molecule has 2 N–H and O–H groups in total. The van der Waals surface area contributed by atoms with Crippen molar-refractivity contribution in [1.29, 1.82) is 0 Å². The summed E-state index contributed by atoms with van der Waals surface area (Å²) in [7, 11) is 0. The summed E-state index contributed by atoms with van der Waals surface area (Å²) in [5.41, 5.74) is 6.90. The first kappa shape index (κ1) is 11.9. The van der Waals surface area contributed by atoms with Gasteiger partial charge in [0.05, 0.1) is 12.2 Å². The molecule has 0 aromatic heterocycles. The average Bonchev–Trinajstić information content (AvgIpc) is 2.28. The molecule has 1 heterocycles. The largest absolute Gasteiger partial charge is 0.370 e. The van der Waals surface area contributed by atoms with Crippen molar-refractivity contribution in [2.24, 2.45) is 5.73 Å². The van der Waals surface area contributed by atoms with E-state index in [1.807, 2.05) is 6.07 Å². The van der Waals surface area contributed by atoms with E-state index in [1.165, 1.54) is 5.69 Å². The van der Waals surface area contributed by atoms with Gasteiger partial charge in [-0.05, 0) is 25.1 Å². The minimum Gasteiger partial charge on any atom is -0.370 e. The molecule has 1 aliphatic heterocycles. The molecule has 1 saturated heterocycles. The zero-order chi connectivity index (χ0) is 11.5. The average molecular weight is 285 g/mol. The van der Waals surface area contributed by atoms with Crippen LogP contribution in [0.25, 0.3) is 0 Å². The number of benzene rings is 1. The highest BCUT2D eigenvalue weighted by Gasteiger charge is 2.24. The van der Waals surface area contributed by atoms with Gasteiger partial charge in [-0.25, -0.2) is 0 Å². The monoisotopic (exact) mass is 284 g/mol. The number of anilines is 1. The van der Waals surface area contributed by atoms with Gasteiger partial charge in [-0.15, -0.1) is 0 Å². The number of nitrogens with two attached hydrogens (primary N) is 1. The van der Waals surface area contributed by atoms with Crippen LogP contribution in [-0.4, -0.2) is 31.8 Å². The predicted molar refractivity (Wildman–Crippen MR) is 69.7 cm³/mol. The number of halogens is 1. The van der Waals surface area contributed by atoms with E-state index in [4.69, 9.17) is 10.5 Å². The van der Waals surface area contributed by atoms with E-state index in [0.717, 1.165) is 17.6 Å². The molecule has 16 heavy (non-hydrogen) atoms. The van der Waals surface area contributed by atoms with E-state index in [-0.39, 0.29) is 12.2 Å². The van der Waals surface area contributed by atoms with Crippen LogP contribution in [0.1, 0.15) is 6.92 Å². The van der Waals surface area contributed by atoms with E-state index >= 15 is 0 Å². The van der Waals surface area contributed by atoms with Gasteiger partial charge >= 0.3 is 0 Å². The maximum Gasteiger partial charge on any atom is 0.0876 e. The molecule has 0 amide bonds. The minimum absolute atomic E-state index is 0.141. The van der Waals surface area contributed by atoms with Crippen LogP contribution < -0.4 is 10.6 Å². The van der Waals surface area contributed by atoms with Gasteiger partial charge in [0, 0.05) is 29.8 Å². The molecule has 2 atom stereocenters. The number of ether oxygens (including phenoxy) is 1. The third-order valence-electron chi connectivity index (χ3n) is 2.76. The molecular weight excluding hydrogens is 268 g/mol. The maximum absolute atomic E-state index is 5.74. The van der Waals surface area contributed by atoms with Gasteiger partial charge < -0.3 is 15.4 Å². The van der Waals surface area contributed by atoms with Gasteiger partial charge in [0.2, 0.25) is 0 Å². The molecule has 0 spiro atoms. The summed E-state index contributed by atoms with van der Waals surface area (Å²) in [6, 6.07) is 8.34. The molecule has 2 unspecified atom stereocenters. The van der Waals surface area contributed by atoms with Crippen LogP contribution in [0.5, 0.6) is 0 Å². The second kappa shape index (κ2) is 5.17. The van der Waals surface area contributed by atoms with Gasteiger partial charge in [-0.1, -0.05) is 22.0 Å². The first-order chi connectivity index (χ1) is 7.69. The summed E-state index contributed by atoms with van der Waals surface area (Å²) in [6.07, 6.45) is 0.379. The van der Waals surface area contributed by atoms with E-state index < -0.39 is 0 Å². The third-order valence-corrected chi connectivity index (χ3v) is 3.26. The summed E-state index contributed by atoms with van der Waals surface area (Å²) < 4.78 is 6.84. The summed E-state index contributed by atoms with van der Waals surface area (Å²) in [4.78, 5) is 2.33. The Morgan fingerprint density at radius 3 is 3.00 bits per heavy atom. The number of hydrogen-bond acceptors (Lipinski definition) is 3. The highest BCUT2D eigenvalue weighted by Crippen LogP contribution is 2.23. The molecule has 4 heteroatoms. The van der Waals surface area contributed by atoms with E-state index in [1.54, 1.807) is 0 Å². The fourth-order valence-electron chi connectivity index (χ4n) is 2.06. The Morgan fingerprint density at radius 2 is 2.31 bits per heavy atom. The van der Waals surface area contributed by atoms with Gasteiger partial charge in [0.25, 0.3) is 0 Å². The zero-order valence-corrected chi connectivity index (χ0v) is 11.0. The van der Waals surface area contributed by atoms with Crippen molar-refractivity contribution in [2.75, 3.05) is 24.5 Å². The van der Waals surface area contributed by atoms with E-state index in [0.29, 0.717) is 6.54 Å². The quantitative estimate of drug-likeness (QED) is 0.903. The smallest absolute Gasteiger partial charge is 0.0876 e. The molecule has 1 fully saturated rings. The Balaban J connectivity index is 2.14. The maximum atomic E-state index is 5.74. The lowest BCUT2D eigenvalue weighted by molar-refractivity contribution is -0.0104. The fraction of sp³-hybridized carbons (Fsp3) is 0.500. The number of hydrogen-bond donors (Lipinski definition) is 1. The Bertz CT molecular complexity index is 359. The van der Waals surface area contributed by atoms with Crippen molar-refractivity contribution >= 4 is 21.6 Å². The topological polar surface area (TPSA) is 38.5 Å². The normalized spacial score (nSPS) is 25.8. The summed E-state index contributed by atoms with van der Waals surface area (Å²) >= 11 is 3.49. The molecule has 0 saturated carbocycles. The highest BCUT2D eigenvalue weighted by molar-refractivity contribution is 9.10. The second-order valence-electron chi connectivity index (χ2n) is 4.19. The van der Waals surface area contributed by atoms with Gasteiger partial charge in [-0.2, -0.15) is 0 Å². The fourth-order valence-corrected chi connectivity index (χ4v) is 2.45. The predicted octanol–water partition coefficient (Wildman–Crippen LogP) is 2.00. The van der Waals surface area contributed by atoms with Gasteiger partial charge in [0.1, 0.15) is 0 Å². The van der Waals surface area contributed by atoms with Crippen molar-refractivity contribution in [2.45, 2.75) is 19.1 Å². The molecule has 1 aromatic rings. The minimum atomic E-state index is 0.141. The van der Waals surface area contributed by atoms with E-state index in [9.17, 15) is 0 Å². The number of morpholine rings is 1. The van der Waals surface area contributed by atoms with Crippen molar-refractivity contribution in [3.63, 3.8) is 0 Å². The van der Waals surface area contributed by atoms with Gasteiger partial charge in [-0.3, -0.25) is 0 Å². The van der Waals surface area contributed by atoms with Crippen molar-refractivity contribution < 1.29 is 4.74 Å². The standard InChI is InChI=1S/C12H17BrN2O/c1-9-7-15(8-12(6-14)16-9)11-4-2-3-10(13)5-11/h2-5,9,12H,6-8,14H2,1H3. The summed E-state index contributed by atoms with van der Waals surface area (Å²) in [5, 5.41) is 0. The molecule has 0 radical (unpaired) electrons. The Labute approximate surface area is 105 Å². The molecule has 2 rings (SSSR count). The zero-order valence-electron chi connectivity index (χ0n) is 9.40. The van der Waals surface area contributed by atoms with Crippen LogP contribution in [-0.2, 0) is 4.74 Å². The Morgan fingerprint density at radius 1 is 1.50 bits per heavy atom. The third kappa shape index (κ3) is 2.75. The van der Waals surface area contributed by atoms with Crippen molar-refractivity contribution in [1.82, 2.24) is 0 Å². The van der Waals surface area contributed by atoms with Crippen molar-refractivity contribution in [3.8, 4) is 0 Å². The first-order valence-corrected chi connectivity index (χ1v) is 6.34. The summed E-state index contributed by atoms with van der Waals surface area (Å²) in [5.74, 6) is 0. The lowest BCUT2D eigenvalue weighted by Crippen LogP contribution is -2.49. The van der Waals surface area contributed by atoms with Crippen molar-refractivity contribution in [3.05, 3.63) is 28.7 Å². The molecule has 1 aliphatic rings. The Kier molecular flexibility index (Phi) is 3.84. The molecule has 0 aliphatic carbocycles. The molecule has 3 nitrogen and oxygen atoms in total. The molecule has 1 aromatic carbocycles. The molecular formula is C12H17BrN2O. The second-order valence-corrected chi connectivity index (χ2v) is 5.10. The van der Waals surface area contributed by atoms with Crippen LogP contribution in [0.4, 0.5) is 5.69 Å². The summed E-state index contributed by atoms with van der Waals surface area (Å²) in [6.45, 7) is 4.46.